The van der Waals surface area contributed by atoms with Gasteiger partial charge in [0.1, 0.15) is 22.1 Å². The van der Waals surface area contributed by atoms with Crippen LogP contribution in [0.2, 0.25) is 0 Å². The largest absolute Gasteiger partial charge is 0.494 e. The number of esters is 1. The summed E-state index contributed by atoms with van der Waals surface area (Å²) in [6, 6.07) is 25.0. The lowest BCUT2D eigenvalue weighted by molar-refractivity contribution is -0.118. The van der Waals surface area contributed by atoms with Crippen LogP contribution in [0.4, 0.5) is 5.00 Å². The summed E-state index contributed by atoms with van der Waals surface area (Å²) < 4.78 is 16.4. The van der Waals surface area contributed by atoms with E-state index in [0.717, 1.165) is 22.4 Å². The van der Waals surface area contributed by atoms with Gasteiger partial charge in [-0.25, -0.2) is 4.79 Å². The van der Waals surface area contributed by atoms with Gasteiger partial charge in [0.05, 0.1) is 13.2 Å². The van der Waals surface area contributed by atoms with E-state index in [-0.39, 0.29) is 19.1 Å². The molecule has 0 aliphatic carbocycles. The van der Waals surface area contributed by atoms with Gasteiger partial charge < -0.3 is 19.5 Å². The maximum Gasteiger partial charge on any atom is 0.341 e. The van der Waals surface area contributed by atoms with Gasteiger partial charge in [0.15, 0.2) is 6.61 Å². The van der Waals surface area contributed by atoms with E-state index in [0.29, 0.717) is 28.5 Å². The van der Waals surface area contributed by atoms with Gasteiger partial charge >= 0.3 is 5.97 Å². The molecule has 3 aromatic carbocycles. The number of amides is 1. The van der Waals surface area contributed by atoms with E-state index in [1.807, 2.05) is 91.2 Å². The Morgan fingerprint density at radius 1 is 0.750 bits per heavy atom. The highest BCUT2D eigenvalue weighted by Crippen LogP contribution is 2.37. The van der Waals surface area contributed by atoms with Crippen LogP contribution < -0.4 is 14.8 Å². The quantitative estimate of drug-likeness (QED) is 0.246. The minimum absolute atomic E-state index is 0.191. The second-order valence-corrected chi connectivity index (χ2v) is 8.64. The van der Waals surface area contributed by atoms with E-state index >= 15 is 0 Å². The Morgan fingerprint density at radius 3 is 2.00 bits per heavy atom. The zero-order valence-electron chi connectivity index (χ0n) is 20.2. The van der Waals surface area contributed by atoms with Gasteiger partial charge in [-0.3, -0.25) is 4.79 Å². The number of benzene rings is 3. The average Bonchev–Trinajstić information content (AvgIpc) is 3.32. The highest BCUT2D eigenvalue weighted by atomic mass is 32.1. The molecular weight excluding hydrogens is 474 g/mol. The lowest BCUT2D eigenvalue weighted by Gasteiger charge is -2.10. The van der Waals surface area contributed by atoms with Crippen LogP contribution in [0, 0.1) is 0 Å². The third kappa shape index (κ3) is 6.12. The Hall–Kier alpha value is -4.10. The Bertz CT molecular complexity index is 1300. The van der Waals surface area contributed by atoms with Gasteiger partial charge in [0.2, 0.25) is 0 Å². The first kappa shape index (κ1) is 25.0. The van der Waals surface area contributed by atoms with Gasteiger partial charge in [0, 0.05) is 10.9 Å². The van der Waals surface area contributed by atoms with E-state index in [1.54, 1.807) is 6.92 Å². The number of carbonyl (C=O) groups excluding carboxylic acids is 2. The highest BCUT2D eigenvalue weighted by molar-refractivity contribution is 7.15. The molecule has 0 atom stereocenters. The molecule has 36 heavy (non-hydrogen) atoms. The summed E-state index contributed by atoms with van der Waals surface area (Å²) in [4.78, 5) is 25.4. The molecular formula is C29H27NO5S. The van der Waals surface area contributed by atoms with Crippen LogP contribution in [0.25, 0.3) is 22.3 Å². The predicted molar refractivity (Wildman–Crippen MR) is 143 cm³/mol. The van der Waals surface area contributed by atoms with Crippen LogP contribution >= 0.6 is 11.3 Å². The first-order valence-electron chi connectivity index (χ1n) is 11.7. The number of ether oxygens (including phenoxy) is 3. The van der Waals surface area contributed by atoms with Crippen molar-refractivity contribution in [3.05, 3.63) is 89.8 Å². The summed E-state index contributed by atoms with van der Waals surface area (Å²) in [5, 5.41) is 5.06. The highest BCUT2D eigenvalue weighted by Gasteiger charge is 2.23. The molecule has 1 amide bonds. The number of hydrogen-bond donors (Lipinski definition) is 1. The molecule has 0 spiro atoms. The lowest BCUT2D eigenvalue weighted by Crippen LogP contribution is -2.21. The lowest BCUT2D eigenvalue weighted by atomic mass is 10.0. The van der Waals surface area contributed by atoms with E-state index in [1.165, 1.54) is 11.3 Å². The van der Waals surface area contributed by atoms with Gasteiger partial charge in [-0.2, -0.15) is 0 Å². The fourth-order valence-corrected chi connectivity index (χ4v) is 4.63. The van der Waals surface area contributed by atoms with Crippen LogP contribution in [-0.4, -0.2) is 31.7 Å². The molecule has 0 unspecified atom stereocenters. The number of nitrogens with one attached hydrogen (secondary N) is 1. The van der Waals surface area contributed by atoms with Crippen molar-refractivity contribution in [1.82, 2.24) is 0 Å². The van der Waals surface area contributed by atoms with E-state index in [9.17, 15) is 9.59 Å². The minimum Gasteiger partial charge on any atom is -0.494 e. The number of rotatable bonds is 10. The van der Waals surface area contributed by atoms with Crippen molar-refractivity contribution in [3.8, 4) is 33.8 Å². The zero-order valence-corrected chi connectivity index (χ0v) is 21.0. The summed E-state index contributed by atoms with van der Waals surface area (Å²) >= 11 is 1.27. The van der Waals surface area contributed by atoms with Crippen molar-refractivity contribution in [2.75, 3.05) is 25.1 Å². The molecule has 1 heterocycles. The molecule has 4 aromatic rings. The Balaban J connectivity index is 1.45. The maximum absolute atomic E-state index is 12.8. The monoisotopic (exact) mass is 501 g/mol. The molecule has 0 aliphatic rings. The molecule has 0 saturated carbocycles. The molecule has 6 nitrogen and oxygen atoms in total. The SMILES string of the molecule is CCOC(=O)c1c(-c2ccc(OCC)cc2)csc1NC(=O)COc1ccc(-c2ccccc2)cc1. The van der Waals surface area contributed by atoms with Crippen LogP contribution in [0.1, 0.15) is 24.2 Å². The molecule has 0 bridgehead atoms. The summed E-state index contributed by atoms with van der Waals surface area (Å²) in [7, 11) is 0. The van der Waals surface area contributed by atoms with Gasteiger partial charge in [-0.05, 0) is 54.8 Å². The summed E-state index contributed by atoms with van der Waals surface area (Å²) in [5.74, 6) is 0.469. The first-order valence-corrected chi connectivity index (χ1v) is 12.6. The van der Waals surface area contributed by atoms with E-state index in [4.69, 9.17) is 14.2 Å². The molecule has 1 N–H and O–H groups in total. The van der Waals surface area contributed by atoms with Crippen LogP contribution in [-0.2, 0) is 9.53 Å². The van der Waals surface area contributed by atoms with E-state index in [2.05, 4.69) is 5.32 Å². The second kappa shape index (κ2) is 12.0. The van der Waals surface area contributed by atoms with E-state index < -0.39 is 5.97 Å². The predicted octanol–water partition coefficient (Wildman–Crippen LogP) is 6.68. The van der Waals surface area contributed by atoms with Crippen molar-refractivity contribution in [2.24, 2.45) is 0 Å². The molecule has 0 fully saturated rings. The first-order chi connectivity index (χ1) is 17.6. The second-order valence-electron chi connectivity index (χ2n) is 7.76. The third-order valence-corrected chi connectivity index (χ3v) is 6.23. The van der Waals surface area contributed by atoms with Gasteiger partial charge in [0.25, 0.3) is 5.91 Å². The van der Waals surface area contributed by atoms with Crippen molar-refractivity contribution in [3.63, 3.8) is 0 Å². The third-order valence-electron chi connectivity index (χ3n) is 5.33. The Labute approximate surface area is 214 Å². The minimum atomic E-state index is -0.490. The average molecular weight is 502 g/mol. The Morgan fingerprint density at radius 2 is 1.36 bits per heavy atom. The van der Waals surface area contributed by atoms with Crippen molar-refractivity contribution >= 4 is 28.2 Å². The molecule has 0 aliphatic heterocycles. The van der Waals surface area contributed by atoms with Crippen LogP contribution in [0.3, 0.4) is 0 Å². The topological polar surface area (TPSA) is 73.9 Å². The number of thiophene rings is 1. The fourth-order valence-electron chi connectivity index (χ4n) is 3.65. The van der Waals surface area contributed by atoms with Gasteiger partial charge in [-0.15, -0.1) is 11.3 Å². The summed E-state index contributed by atoms with van der Waals surface area (Å²) in [6.07, 6.45) is 0. The maximum atomic E-state index is 12.8. The molecule has 4 rings (SSSR count). The van der Waals surface area contributed by atoms with Crippen molar-refractivity contribution in [1.29, 1.82) is 0 Å². The zero-order chi connectivity index (χ0) is 25.3. The number of carbonyl (C=O) groups is 2. The van der Waals surface area contributed by atoms with Gasteiger partial charge in [-0.1, -0.05) is 54.6 Å². The molecule has 0 saturated heterocycles. The summed E-state index contributed by atoms with van der Waals surface area (Å²) in [5.41, 5.74) is 4.01. The molecule has 184 valence electrons. The van der Waals surface area contributed by atoms with Crippen LogP contribution in [0.15, 0.2) is 84.2 Å². The van der Waals surface area contributed by atoms with Crippen LogP contribution in [0.5, 0.6) is 11.5 Å². The number of hydrogen-bond acceptors (Lipinski definition) is 6. The molecule has 0 radical (unpaired) electrons. The smallest absolute Gasteiger partial charge is 0.341 e. The Kier molecular flexibility index (Phi) is 8.36. The molecule has 1 aromatic heterocycles. The van der Waals surface area contributed by atoms with Crippen molar-refractivity contribution < 1.29 is 23.8 Å². The normalized spacial score (nSPS) is 10.5. The fraction of sp³-hybridized carbons (Fsp3) is 0.172. The van der Waals surface area contributed by atoms with Crippen molar-refractivity contribution in [2.45, 2.75) is 13.8 Å². The standard InChI is InChI=1S/C29H27NO5S/c1-3-33-23-16-12-22(13-17-23)25-19-36-28(27(25)29(32)34-4-2)30-26(31)18-35-24-14-10-21(11-15-24)20-8-6-5-7-9-20/h5-17,19H,3-4,18H2,1-2H3,(H,30,31). The summed E-state index contributed by atoms with van der Waals surface area (Å²) in [6.45, 7) is 4.28. The number of anilines is 1. The molecule has 7 heteroatoms.